The van der Waals surface area contributed by atoms with Crippen molar-refractivity contribution in [1.29, 1.82) is 5.26 Å². The molecule has 1 aromatic carbocycles. The van der Waals surface area contributed by atoms with Gasteiger partial charge in [-0.3, -0.25) is 0 Å². The van der Waals surface area contributed by atoms with Crippen LogP contribution >= 0.6 is 0 Å². The third-order valence-electron chi connectivity index (χ3n) is 2.38. The van der Waals surface area contributed by atoms with Crippen molar-refractivity contribution in [2.24, 2.45) is 0 Å². The maximum absolute atomic E-state index is 12.7. The molecule has 0 fully saturated rings. The van der Waals surface area contributed by atoms with E-state index in [1.807, 2.05) is 0 Å². The van der Waals surface area contributed by atoms with Crippen molar-refractivity contribution in [3.8, 4) is 6.07 Å². The van der Waals surface area contributed by atoms with Gasteiger partial charge in [-0.15, -0.1) is 0 Å². The second-order valence-corrected chi connectivity index (χ2v) is 3.48. The number of alkyl halides is 6. The Morgan fingerprint density at radius 1 is 1.06 bits per heavy atom. The molecule has 0 spiro atoms. The largest absolute Gasteiger partial charge is 0.417 e. The molecule has 0 aromatic heterocycles. The van der Waals surface area contributed by atoms with Crippen molar-refractivity contribution in [3.05, 3.63) is 34.4 Å². The molecule has 0 heterocycles. The van der Waals surface area contributed by atoms with Crippen LogP contribution in [0.2, 0.25) is 0 Å². The minimum absolute atomic E-state index is 0.459. The maximum Gasteiger partial charge on any atom is 0.417 e. The molecule has 1 rings (SSSR count). The highest BCUT2D eigenvalue weighted by Crippen LogP contribution is 2.41. The van der Waals surface area contributed by atoms with E-state index in [4.69, 9.17) is 5.26 Å². The Hall–Kier alpha value is -1.71. The summed E-state index contributed by atoms with van der Waals surface area (Å²) in [6.45, 7) is 1.18. The van der Waals surface area contributed by atoms with Crippen LogP contribution in [0.4, 0.5) is 26.3 Å². The average Bonchev–Trinajstić information content (AvgIpc) is 2.24. The number of rotatable bonds is 1. The van der Waals surface area contributed by atoms with Crippen LogP contribution in [-0.4, -0.2) is 0 Å². The van der Waals surface area contributed by atoms with Crippen LogP contribution in [0.1, 0.15) is 29.2 Å². The number of hydrogen-bond donors (Lipinski definition) is 0. The van der Waals surface area contributed by atoms with E-state index in [1.54, 1.807) is 0 Å². The first-order valence-electron chi connectivity index (χ1n) is 4.83. The summed E-state index contributed by atoms with van der Waals surface area (Å²) in [4.78, 5) is 0. The van der Waals surface area contributed by atoms with Gasteiger partial charge in [-0.25, -0.2) is 0 Å². The zero-order valence-electron chi connectivity index (χ0n) is 9.08. The van der Waals surface area contributed by atoms with Crippen LogP contribution in [0, 0.1) is 11.3 Å². The van der Waals surface area contributed by atoms with Gasteiger partial charge in [0, 0.05) is 0 Å². The lowest BCUT2D eigenvalue weighted by atomic mass is 9.94. The highest BCUT2D eigenvalue weighted by Gasteiger charge is 2.41. The number of halogens is 6. The second-order valence-electron chi connectivity index (χ2n) is 3.48. The van der Waals surface area contributed by atoms with Crippen LogP contribution in [0.25, 0.3) is 0 Å². The van der Waals surface area contributed by atoms with E-state index in [1.165, 1.54) is 13.0 Å². The molecule has 0 saturated carbocycles. The van der Waals surface area contributed by atoms with Crippen molar-refractivity contribution in [2.75, 3.05) is 0 Å². The molecule has 0 unspecified atom stereocenters. The van der Waals surface area contributed by atoms with Crippen molar-refractivity contribution in [1.82, 2.24) is 0 Å². The minimum atomic E-state index is -4.99. The van der Waals surface area contributed by atoms with Gasteiger partial charge in [0.25, 0.3) is 0 Å². The van der Waals surface area contributed by atoms with Crippen LogP contribution in [0.15, 0.2) is 12.1 Å². The fourth-order valence-corrected chi connectivity index (χ4v) is 1.70. The summed E-state index contributed by atoms with van der Waals surface area (Å²) >= 11 is 0. The smallest absolute Gasteiger partial charge is 0.192 e. The summed E-state index contributed by atoms with van der Waals surface area (Å²) < 4.78 is 76.0. The summed E-state index contributed by atoms with van der Waals surface area (Å²) in [6.07, 6.45) is -10.3. The molecule has 0 bridgehead atoms. The third kappa shape index (κ3) is 2.58. The summed E-state index contributed by atoms with van der Waals surface area (Å²) in [5.41, 5.74) is -4.54. The predicted molar refractivity (Wildman–Crippen MR) is 50.5 cm³/mol. The molecule has 0 N–H and O–H groups in total. The van der Waals surface area contributed by atoms with E-state index in [2.05, 4.69) is 0 Å². The van der Waals surface area contributed by atoms with E-state index in [-0.39, 0.29) is 0 Å². The SMILES string of the molecule is CCc1c(C(F)(F)F)ccc(C#N)c1C(F)(F)F. The van der Waals surface area contributed by atoms with Crippen LogP contribution in [0.3, 0.4) is 0 Å². The fourth-order valence-electron chi connectivity index (χ4n) is 1.70. The Balaban J connectivity index is 3.71. The number of nitriles is 1. The van der Waals surface area contributed by atoms with Crippen LogP contribution in [0.5, 0.6) is 0 Å². The molecule has 7 heteroatoms. The molecule has 1 nitrogen and oxygen atoms in total. The second kappa shape index (κ2) is 4.52. The molecular formula is C11H7F6N. The Kier molecular flexibility index (Phi) is 3.60. The quantitative estimate of drug-likeness (QED) is 0.701. The van der Waals surface area contributed by atoms with Crippen molar-refractivity contribution in [2.45, 2.75) is 25.7 Å². The third-order valence-corrected chi connectivity index (χ3v) is 2.38. The van der Waals surface area contributed by atoms with Gasteiger partial charge >= 0.3 is 12.4 Å². The highest BCUT2D eigenvalue weighted by atomic mass is 19.4. The number of hydrogen-bond acceptors (Lipinski definition) is 1. The zero-order valence-corrected chi connectivity index (χ0v) is 9.08. The molecule has 0 radical (unpaired) electrons. The number of benzene rings is 1. The Morgan fingerprint density at radius 2 is 1.61 bits per heavy atom. The first kappa shape index (κ1) is 14.4. The maximum atomic E-state index is 12.7. The minimum Gasteiger partial charge on any atom is -0.192 e. The standard InChI is InChI=1S/C11H7F6N/c1-2-7-8(10(12,13)14)4-3-6(5-18)9(7)11(15,16)17/h3-4H,2H2,1H3. The molecule has 0 aliphatic carbocycles. The predicted octanol–water partition coefficient (Wildman–Crippen LogP) is 4.16. The lowest BCUT2D eigenvalue weighted by molar-refractivity contribution is -0.144. The van der Waals surface area contributed by atoms with E-state index in [0.29, 0.717) is 12.1 Å². The molecule has 0 aliphatic heterocycles. The van der Waals surface area contributed by atoms with Crippen molar-refractivity contribution in [3.63, 3.8) is 0 Å². The summed E-state index contributed by atoms with van der Waals surface area (Å²) in [7, 11) is 0. The Labute approximate surface area is 98.6 Å². The molecule has 18 heavy (non-hydrogen) atoms. The zero-order chi connectivity index (χ0) is 14.1. The van der Waals surface area contributed by atoms with Gasteiger partial charge in [0.2, 0.25) is 0 Å². The van der Waals surface area contributed by atoms with E-state index >= 15 is 0 Å². The fraction of sp³-hybridized carbons (Fsp3) is 0.364. The van der Waals surface area contributed by atoms with Gasteiger partial charge < -0.3 is 0 Å². The molecule has 0 saturated heterocycles. The normalized spacial score (nSPS) is 12.3. The summed E-state index contributed by atoms with van der Waals surface area (Å²) in [6, 6.07) is 2.32. The van der Waals surface area contributed by atoms with Crippen LogP contribution < -0.4 is 0 Å². The first-order valence-corrected chi connectivity index (χ1v) is 4.83. The molecule has 1 aromatic rings. The lowest BCUT2D eigenvalue weighted by Crippen LogP contribution is -2.17. The lowest BCUT2D eigenvalue weighted by Gasteiger charge is -2.18. The van der Waals surface area contributed by atoms with Gasteiger partial charge in [0.1, 0.15) is 0 Å². The topological polar surface area (TPSA) is 23.8 Å². The van der Waals surface area contributed by atoms with Crippen LogP contribution in [-0.2, 0) is 18.8 Å². The highest BCUT2D eigenvalue weighted by molar-refractivity contribution is 5.49. The van der Waals surface area contributed by atoms with Crippen molar-refractivity contribution < 1.29 is 26.3 Å². The van der Waals surface area contributed by atoms with Gasteiger partial charge in [-0.1, -0.05) is 6.92 Å². The van der Waals surface area contributed by atoms with Gasteiger partial charge in [0.15, 0.2) is 0 Å². The first-order chi connectivity index (χ1) is 8.12. The molecular weight excluding hydrogens is 260 g/mol. The number of nitrogens with zero attached hydrogens (tertiary/aromatic N) is 1. The van der Waals surface area contributed by atoms with E-state index in [0.717, 1.165) is 0 Å². The molecule has 0 amide bonds. The molecule has 98 valence electrons. The summed E-state index contributed by atoms with van der Waals surface area (Å²) in [5, 5.41) is 8.56. The monoisotopic (exact) mass is 267 g/mol. The van der Waals surface area contributed by atoms with Gasteiger partial charge in [-0.05, 0) is 24.1 Å². The van der Waals surface area contributed by atoms with E-state index in [9.17, 15) is 26.3 Å². The molecule has 0 aliphatic rings. The Morgan fingerprint density at radius 3 is 1.94 bits per heavy atom. The Bertz CT molecular complexity index is 492. The summed E-state index contributed by atoms with van der Waals surface area (Å²) in [5.74, 6) is 0. The average molecular weight is 267 g/mol. The van der Waals surface area contributed by atoms with Gasteiger partial charge in [-0.2, -0.15) is 31.6 Å². The van der Waals surface area contributed by atoms with Crippen molar-refractivity contribution >= 4 is 0 Å². The van der Waals surface area contributed by atoms with E-state index < -0.39 is 41.0 Å². The molecule has 0 atom stereocenters. The van der Waals surface area contributed by atoms with Gasteiger partial charge in [0.05, 0.1) is 22.8 Å².